The lowest BCUT2D eigenvalue weighted by Gasteiger charge is -2.14. The van der Waals surface area contributed by atoms with E-state index in [1.807, 2.05) is 72.8 Å². The van der Waals surface area contributed by atoms with Crippen LogP contribution in [0.2, 0.25) is 0 Å². The first-order chi connectivity index (χ1) is 16.1. The first kappa shape index (κ1) is 22.6. The molecule has 168 valence electrons. The Kier molecular flexibility index (Phi) is 7.37. The molecule has 0 radical (unpaired) electrons. The minimum Gasteiger partial charge on any atom is -0.462 e. The van der Waals surface area contributed by atoms with Gasteiger partial charge in [0, 0.05) is 17.1 Å². The second-order valence-electron chi connectivity index (χ2n) is 7.70. The molecule has 3 aromatic carbocycles. The Morgan fingerprint density at radius 1 is 0.939 bits per heavy atom. The number of esters is 1. The molecule has 0 atom stereocenters. The van der Waals surface area contributed by atoms with Gasteiger partial charge in [-0.25, -0.2) is 4.79 Å². The fourth-order valence-electron chi connectivity index (χ4n) is 3.57. The largest absolute Gasteiger partial charge is 0.462 e. The number of hydrogen-bond donors (Lipinski definition) is 2. The van der Waals surface area contributed by atoms with Crippen LogP contribution in [-0.2, 0) is 4.74 Å². The smallest absolute Gasteiger partial charge is 0.338 e. The number of fused-ring (bicyclic) bond motifs is 1. The number of carbonyl (C=O) groups excluding carboxylic acids is 1. The van der Waals surface area contributed by atoms with E-state index in [1.54, 1.807) is 6.07 Å². The van der Waals surface area contributed by atoms with Gasteiger partial charge < -0.3 is 19.8 Å². The summed E-state index contributed by atoms with van der Waals surface area (Å²) in [7, 11) is 0. The quantitative estimate of drug-likeness (QED) is 0.165. The first-order valence-corrected chi connectivity index (χ1v) is 11.5. The Morgan fingerprint density at radius 2 is 1.73 bits per heavy atom. The lowest BCUT2D eigenvalue weighted by molar-refractivity contribution is 0.0499. The fourth-order valence-corrected chi connectivity index (χ4v) is 3.79. The number of unbranched alkanes of at least 4 members (excludes halogenated alkanes) is 2. The van der Waals surface area contributed by atoms with Gasteiger partial charge in [-0.3, -0.25) is 0 Å². The number of carbonyl (C=O) groups is 1. The molecule has 1 aromatic heterocycles. The van der Waals surface area contributed by atoms with Crippen LogP contribution >= 0.6 is 12.2 Å². The number of nitrogens with one attached hydrogen (secondary N) is 2. The van der Waals surface area contributed by atoms with Crippen molar-refractivity contribution in [3.63, 3.8) is 0 Å². The molecule has 33 heavy (non-hydrogen) atoms. The summed E-state index contributed by atoms with van der Waals surface area (Å²) in [5.41, 5.74) is 3.78. The standard InChI is InChI=1S/C27H26N2O3S/c1-2-3-9-16-31-26(30)22-15-14-21(18-23(22)19-10-5-4-6-11-19)28-27(33)29-25-17-20-12-7-8-13-24(20)32-25/h4-8,10-15,17-18H,2-3,9,16H2,1H3,(H2,28,29,33). The van der Waals surface area contributed by atoms with Gasteiger partial charge in [-0.1, -0.05) is 68.3 Å². The number of ether oxygens (including phenoxy) is 1. The Hall–Kier alpha value is -3.64. The third kappa shape index (κ3) is 5.79. The zero-order chi connectivity index (χ0) is 23.0. The molecule has 4 aromatic rings. The predicted molar refractivity (Wildman–Crippen MR) is 138 cm³/mol. The SMILES string of the molecule is CCCCCOC(=O)c1ccc(NC(=S)Nc2cc3ccccc3o2)cc1-c1ccccc1. The van der Waals surface area contributed by atoms with Crippen molar-refractivity contribution in [1.82, 2.24) is 0 Å². The van der Waals surface area contributed by atoms with Crippen molar-refractivity contribution in [2.24, 2.45) is 0 Å². The molecule has 0 saturated carbocycles. The monoisotopic (exact) mass is 458 g/mol. The zero-order valence-corrected chi connectivity index (χ0v) is 19.3. The van der Waals surface area contributed by atoms with E-state index >= 15 is 0 Å². The molecular formula is C27H26N2O3S. The lowest BCUT2D eigenvalue weighted by Crippen LogP contribution is -2.19. The van der Waals surface area contributed by atoms with Crippen LogP contribution in [0.4, 0.5) is 11.6 Å². The summed E-state index contributed by atoms with van der Waals surface area (Å²) in [6, 6.07) is 24.9. The third-order valence-electron chi connectivity index (χ3n) is 5.23. The summed E-state index contributed by atoms with van der Waals surface area (Å²) >= 11 is 5.48. The third-order valence-corrected chi connectivity index (χ3v) is 5.43. The van der Waals surface area contributed by atoms with Crippen LogP contribution < -0.4 is 10.6 Å². The maximum Gasteiger partial charge on any atom is 0.338 e. The number of para-hydroxylation sites is 1. The maximum atomic E-state index is 12.8. The molecule has 0 fully saturated rings. The predicted octanol–water partition coefficient (Wildman–Crippen LogP) is 7.26. The van der Waals surface area contributed by atoms with Crippen molar-refractivity contribution in [2.75, 3.05) is 17.2 Å². The van der Waals surface area contributed by atoms with Crippen LogP contribution in [0, 0.1) is 0 Å². The highest BCUT2D eigenvalue weighted by Crippen LogP contribution is 2.28. The number of hydrogen-bond acceptors (Lipinski definition) is 4. The molecule has 0 aliphatic rings. The molecule has 4 rings (SSSR count). The fraction of sp³-hybridized carbons (Fsp3) is 0.185. The van der Waals surface area contributed by atoms with E-state index in [2.05, 4.69) is 17.6 Å². The van der Waals surface area contributed by atoms with E-state index in [-0.39, 0.29) is 5.97 Å². The molecule has 1 heterocycles. The molecule has 0 amide bonds. The van der Waals surface area contributed by atoms with E-state index in [0.717, 1.165) is 47.0 Å². The van der Waals surface area contributed by atoms with Gasteiger partial charge >= 0.3 is 5.97 Å². The van der Waals surface area contributed by atoms with E-state index < -0.39 is 0 Å². The average molecular weight is 459 g/mol. The highest BCUT2D eigenvalue weighted by molar-refractivity contribution is 7.80. The second kappa shape index (κ2) is 10.8. The van der Waals surface area contributed by atoms with Crippen molar-refractivity contribution < 1.29 is 13.9 Å². The molecule has 0 aliphatic carbocycles. The molecule has 2 N–H and O–H groups in total. The van der Waals surface area contributed by atoms with Gasteiger partial charge in [0.15, 0.2) is 11.0 Å². The molecule has 0 aliphatic heterocycles. The molecule has 0 unspecified atom stereocenters. The second-order valence-corrected chi connectivity index (χ2v) is 8.11. The summed E-state index contributed by atoms with van der Waals surface area (Å²) < 4.78 is 11.3. The van der Waals surface area contributed by atoms with Gasteiger partial charge in [-0.05, 0) is 54.0 Å². The van der Waals surface area contributed by atoms with Gasteiger partial charge in [0.2, 0.25) is 0 Å². The number of anilines is 2. The van der Waals surface area contributed by atoms with Gasteiger partial charge in [0.1, 0.15) is 5.58 Å². The molecule has 0 spiro atoms. The van der Waals surface area contributed by atoms with E-state index in [0.29, 0.717) is 23.2 Å². The van der Waals surface area contributed by atoms with Gasteiger partial charge in [0.05, 0.1) is 12.2 Å². The minimum atomic E-state index is -0.320. The molecule has 0 bridgehead atoms. The number of benzene rings is 3. The van der Waals surface area contributed by atoms with Crippen LogP contribution in [0.25, 0.3) is 22.1 Å². The molecule has 5 nitrogen and oxygen atoms in total. The van der Waals surface area contributed by atoms with Crippen molar-refractivity contribution in [3.05, 3.63) is 84.4 Å². The summed E-state index contributed by atoms with van der Waals surface area (Å²) in [4.78, 5) is 12.8. The van der Waals surface area contributed by atoms with Crippen LogP contribution in [-0.4, -0.2) is 17.7 Å². The normalized spacial score (nSPS) is 10.7. The highest BCUT2D eigenvalue weighted by Gasteiger charge is 2.16. The molecule has 6 heteroatoms. The van der Waals surface area contributed by atoms with Crippen molar-refractivity contribution in [1.29, 1.82) is 0 Å². The van der Waals surface area contributed by atoms with Gasteiger partial charge in [-0.15, -0.1) is 0 Å². The van der Waals surface area contributed by atoms with Crippen molar-refractivity contribution in [3.8, 4) is 11.1 Å². The van der Waals surface area contributed by atoms with Crippen LogP contribution in [0.3, 0.4) is 0 Å². The summed E-state index contributed by atoms with van der Waals surface area (Å²) in [5.74, 6) is 0.240. The number of furan rings is 1. The topological polar surface area (TPSA) is 63.5 Å². The van der Waals surface area contributed by atoms with Crippen molar-refractivity contribution in [2.45, 2.75) is 26.2 Å². The number of rotatable bonds is 8. The Morgan fingerprint density at radius 3 is 2.52 bits per heavy atom. The molecule has 0 saturated heterocycles. The van der Waals surface area contributed by atoms with E-state index in [9.17, 15) is 4.79 Å². The van der Waals surface area contributed by atoms with Crippen LogP contribution in [0.5, 0.6) is 0 Å². The summed E-state index contributed by atoms with van der Waals surface area (Å²) in [5, 5.41) is 7.65. The number of thiocarbonyl (C=S) groups is 1. The molecular weight excluding hydrogens is 432 g/mol. The van der Waals surface area contributed by atoms with Gasteiger partial charge in [-0.2, -0.15) is 0 Å². The Bertz CT molecular complexity index is 1220. The lowest BCUT2D eigenvalue weighted by atomic mass is 9.99. The first-order valence-electron chi connectivity index (χ1n) is 11.1. The average Bonchev–Trinajstić information content (AvgIpc) is 3.24. The Labute approximate surface area is 198 Å². The minimum absolute atomic E-state index is 0.320. The highest BCUT2D eigenvalue weighted by atomic mass is 32.1. The van der Waals surface area contributed by atoms with Gasteiger partial charge in [0.25, 0.3) is 0 Å². The maximum absolute atomic E-state index is 12.8. The summed E-state index contributed by atoms with van der Waals surface area (Å²) in [6.07, 6.45) is 2.98. The van der Waals surface area contributed by atoms with Crippen LogP contribution in [0.15, 0.2) is 83.3 Å². The van der Waals surface area contributed by atoms with Crippen LogP contribution in [0.1, 0.15) is 36.5 Å². The van der Waals surface area contributed by atoms with E-state index in [4.69, 9.17) is 21.4 Å². The zero-order valence-electron chi connectivity index (χ0n) is 18.5. The Balaban J connectivity index is 1.52. The summed E-state index contributed by atoms with van der Waals surface area (Å²) in [6.45, 7) is 2.54. The van der Waals surface area contributed by atoms with Crippen molar-refractivity contribution >= 4 is 45.8 Å². The van der Waals surface area contributed by atoms with E-state index in [1.165, 1.54) is 0 Å².